The highest BCUT2D eigenvalue weighted by atomic mass is 19.1. The summed E-state index contributed by atoms with van der Waals surface area (Å²) in [5.74, 6) is -3.34. The number of carbonyl (C=O) groups is 1. The second-order valence-corrected chi connectivity index (χ2v) is 10.3. The van der Waals surface area contributed by atoms with Gasteiger partial charge in [-0.05, 0) is 51.2 Å². The van der Waals surface area contributed by atoms with Gasteiger partial charge in [0, 0.05) is 31.5 Å². The highest BCUT2D eigenvalue weighted by Crippen LogP contribution is 2.29. The van der Waals surface area contributed by atoms with Crippen molar-refractivity contribution >= 4 is 11.7 Å². The van der Waals surface area contributed by atoms with Crippen LogP contribution >= 0.6 is 0 Å². The first-order chi connectivity index (χ1) is 19.2. The second kappa shape index (κ2) is 11.8. The average molecular weight is 560 g/mol. The predicted octanol–water partition coefficient (Wildman–Crippen LogP) is 3.66. The van der Waals surface area contributed by atoms with E-state index < -0.39 is 40.7 Å². The van der Waals surface area contributed by atoms with Gasteiger partial charge in [0.2, 0.25) is 0 Å². The molecule has 2 saturated heterocycles. The van der Waals surface area contributed by atoms with Crippen LogP contribution in [-0.4, -0.2) is 57.2 Å². The lowest BCUT2D eigenvalue weighted by Gasteiger charge is -2.26. The summed E-state index contributed by atoms with van der Waals surface area (Å²) in [5, 5.41) is 11.3. The summed E-state index contributed by atoms with van der Waals surface area (Å²) in [6.07, 6.45) is 4.50. The third-order valence-corrected chi connectivity index (χ3v) is 6.79. The third kappa shape index (κ3) is 6.72. The second-order valence-electron chi connectivity index (χ2n) is 10.3. The number of aromatic nitrogens is 4. The molecule has 2 aromatic heterocycles. The maximum absolute atomic E-state index is 14.0. The van der Waals surface area contributed by atoms with Crippen molar-refractivity contribution in [3.63, 3.8) is 0 Å². The molecular formula is C27H31F2N5O6. The number of hydrogen-bond acceptors (Lipinski definition) is 8. The van der Waals surface area contributed by atoms with E-state index in [0.717, 1.165) is 41.9 Å². The van der Waals surface area contributed by atoms with Crippen molar-refractivity contribution in [1.82, 2.24) is 19.6 Å². The summed E-state index contributed by atoms with van der Waals surface area (Å²) in [4.78, 5) is 26.5. The first-order valence-electron chi connectivity index (χ1n) is 13.1. The lowest BCUT2D eigenvalue weighted by molar-refractivity contribution is -0.139. The number of carbonyl (C=O) groups excluding carboxylic acids is 1. The zero-order valence-corrected chi connectivity index (χ0v) is 22.2. The number of ether oxygens (including phenoxy) is 4. The van der Waals surface area contributed by atoms with Crippen LogP contribution in [0, 0.1) is 17.6 Å². The van der Waals surface area contributed by atoms with Crippen molar-refractivity contribution in [1.29, 1.82) is 0 Å². The van der Waals surface area contributed by atoms with Gasteiger partial charge in [0.05, 0.1) is 19.3 Å². The van der Waals surface area contributed by atoms with Gasteiger partial charge in [-0.25, -0.2) is 13.5 Å². The summed E-state index contributed by atoms with van der Waals surface area (Å²) in [6, 6.07) is 5.01. The molecule has 2 fully saturated rings. The molecule has 1 N–H and O–H groups in total. The molecule has 2 aliphatic rings. The number of hydrogen-bond donors (Lipinski definition) is 1. The van der Waals surface area contributed by atoms with Gasteiger partial charge >= 0.3 is 0 Å². The minimum absolute atomic E-state index is 0.127. The lowest BCUT2D eigenvalue weighted by atomic mass is 9.92. The highest BCUT2D eigenvalue weighted by Gasteiger charge is 2.33. The molecule has 0 aliphatic carbocycles. The van der Waals surface area contributed by atoms with E-state index in [4.69, 9.17) is 18.9 Å². The zero-order chi connectivity index (χ0) is 28.3. The van der Waals surface area contributed by atoms with Crippen molar-refractivity contribution in [2.24, 2.45) is 5.92 Å². The zero-order valence-electron chi connectivity index (χ0n) is 22.2. The van der Waals surface area contributed by atoms with Gasteiger partial charge in [-0.15, -0.1) is 0 Å². The van der Waals surface area contributed by atoms with Crippen molar-refractivity contribution in [3.05, 3.63) is 64.7 Å². The van der Waals surface area contributed by atoms with Crippen molar-refractivity contribution in [2.45, 2.75) is 57.6 Å². The Morgan fingerprint density at radius 1 is 1.23 bits per heavy atom. The van der Waals surface area contributed by atoms with Crippen LogP contribution in [0.5, 0.6) is 11.5 Å². The van der Waals surface area contributed by atoms with E-state index in [-0.39, 0.29) is 17.8 Å². The molecule has 0 spiro atoms. The Morgan fingerprint density at radius 2 is 1.98 bits per heavy atom. The Hall–Kier alpha value is -3.68. The highest BCUT2D eigenvalue weighted by molar-refractivity contribution is 5.92. The lowest BCUT2D eigenvalue weighted by Crippen LogP contribution is -2.36. The van der Waals surface area contributed by atoms with Gasteiger partial charge in [-0.2, -0.15) is 10.2 Å². The molecule has 40 heavy (non-hydrogen) atoms. The van der Waals surface area contributed by atoms with E-state index >= 15 is 0 Å². The molecule has 1 unspecified atom stereocenters. The standard InChI is InChI=1S/C27H31F2N5O6/c1-27(2)38-16-19(40-27)15-33-9-6-23(32-33)31-26(36)22(12-17-7-10-37-11-8-17)34-24(35)13-18(14-30-34)39-25-20(28)4-3-5-21(25)29/h3-6,9,13-14,17,19,22H,7-8,10-12,15-16H2,1-2H3,(H,31,32,36)/t19-,22?/m1/s1. The summed E-state index contributed by atoms with van der Waals surface area (Å²) in [6.45, 7) is 5.68. The molecule has 1 aromatic carbocycles. The van der Waals surface area contributed by atoms with Crippen LogP contribution in [0.1, 0.15) is 39.2 Å². The van der Waals surface area contributed by atoms with Crippen molar-refractivity contribution < 1.29 is 32.5 Å². The number of rotatable bonds is 9. The number of para-hydroxylation sites is 1. The fourth-order valence-corrected chi connectivity index (χ4v) is 4.81. The van der Waals surface area contributed by atoms with Crippen molar-refractivity contribution in [3.8, 4) is 11.5 Å². The normalized spacial score (nSPS) is 19.9. The molecule has 1 amide bonds. The molecule has 0 radical (unpaired) electrons. The molecule has 4 heterocycles. The Bertz CT molecular complexity index is 1380. The quantitative estimate of drug-likeness (QED) is 0.422. The van der Waals surface area contributed by atoms with Crippen LogP contribution in [0.4, 0.5) is 14.6 Å². The maximum Gasteiger partial charge on any atom is 0.271 e. The predicted molar refractivity (Wildman–Crippen MR) is 138 cm³/mol. The van der Waals surface area contributed by atoms with Crippen LogP contribution < -0.4 is 15.6 Å². The largest absolute Gasteiger partial charge is 0.449 e. The SMILES string of the molecule is CC1(C)OC[C@@H](Cn2ccc(NC(=O)C(CC3CCOCC3)n3ncc(Oc4c(F)cccc4F)cc3=O)n2)O1. The molecule has 13 heteroatoms. The van der Waals surface area contributed by atoms with E-state index in [1.54, 1.807) is 16.9 Å². The van der Waals surface area contributed by atoms with Gasteiger partial charge in [0.1, 0.15) is 12.1 Å². The van der Waals surface area contributed by atoms with E-state index in [2.05, 4.69) is 15.5 Å². The van der Waals surface area contributed by atoms with Crippen LogP contribution in [-0.2, 0) is 25.5 Å². The Morgan fingerprint density at radius 3 is 2.65 bits per heavy atom. The number of nitrogens with one attached hydrogen (secondary N) is 1. The molecule has 2 aliphatic heterocycles. The first-order valence-corrected chi connectivity index (χ1v) is 13.1. The van der Waals surface area contributed by atoms with E-state index in [0.29, 0.717) is 38.6 Å². The van der Waals surface area contributed by atoms with Gasteiger partial charge in [-0.3, -0.25) is 14.3 Å². The van der Waals surface area contributed by atoms with Crippen LogP contribution in [0.2, 0.25) is 0 Å². The number of amides is 1. The monoisotopic (exact) mass is 559 g/mol. The van der Waals surface area contributed by atoms with Crippen LogP contribution in [0.15, 0.2) is 47.5 Å². The topological polar surface area (TPSA) is 119 Å². The molecule has 3 aromatic rings. The minimum Gasteiger partial charge on any atom is -0.449 e. The molecule has 2 atom stereocenters. The van der Waals surface area contributed by atoms with Gasteiger partial charge < -0.3 is 24.3 Å². The Kier molecular flexibility index (Phi) is 8.24. The molecule has 0 saturated carbocycles. The minimum atomic E-state index is -0.965. The number of nitrogens with zero attached hydrogens (tertiary/aromatic N) is 4. The third-order valence-electron chi connectivity index (χ3n) is 6.79. The van der Waals surface area contributed by atoms with Gasteiger partial charge in [0.15, 0.2) is 34.7 Å². The van der Waals surface area contributed by atoms with E-state index in [1.165, 1.54) is 6.07 Å². The summed E-state index contributed by atoms with van der Waals surface area (Å²) in [5.41, 5.74) is -0.659. The molecule has 214 valence electrons. The summed E-state index contributed by atoms with van der Waals surface area (Å²) < 4.78 is 52.8. The van der Waals surface area contributed by atoms with Crippen molar-refractivity contribution in [2.75, 3.05) is 25.1 Å². The summed E-state index contributed by atoms with van der Waals surface area (Å²) >= 11 is 0. The van der Waals surface area contributed by atoms with Gasteiger partial charge in [0.25, 0.3) is 11.5 Å². The first kappa shape index (κ1) is 27.9. The number of benzene rings is 1. The molecule has 0 bridgehead atoms. The van der Waals surface area contributed by atoms with Crippen LogP contribution in [0.25, 0.3) is 0 Å². The fourth-order valence-electron chi connectivity index (χ4n) is 4.81. The Balaban J connectivity index is 1.32. The van der Waals surface area contributed by atoms with E-state index in [1.807, 2.05) is 13.8 Å². The van der Waals surface area contributed by atoms with Crippen LogP contribution in [0.3, 0.4) is 0 Å². The smallest absolute Gasteiger partial charge is 0.271 e. The number of halogens is 2. The molecule has 11 nitrogen and oxygen atoms in total. The van der Waals surface area contributed by atoms with E-state index in [9.17, 15) is 18.4 Å². The number of anilines is 1. The molecule has 5 rings (SSSR count). The Labute approximate surface area is 229 Å². The van der Waals surface area contributed by atoms with Gasteiger partial charge in [-0.1, -0.05) is 6.07 Å². The summed E-state index contributed by atoms with van der Waals surface area (Å²) in [7, 11) is 0. The fraction of sp³-hybridized carbons (Fsp3) is 0.481. The maximum atomic E-state index is 14.0. The molecular weight excluding hydrogens is 528 g/mol. The average Bonchev–Trinajstić information content (AvgIpc) is 3.50.